The predicted molar refractivity (Wildman–Crippen MR) is 117 cm³/mol. The molecular weight excluding hydrogens is 444 g/mol. The number of nitrogens with zero attached hydrogens (tertiary/aromatic N) is 4. The summed E-state index contributed by atoms with van der Waals surface area (Å²) < 4.78 is 11.6. The van der Waals surface area contributed by atoms with Crippen molar-refractivity contribution in [3.63, 3.8) is 0 Å². The van der Waals surface area contributed by atoms with Crippen LogP contribution in [0, 0.1) is 6.92 Å². The van der Waals surface area contributed by atoms with Gasteiger partial charge in [0, 0.05) is 0 Å². The predicted octanol–water partition coefficient (Wildman–Crippen LogP) is 2.44. The minimum Gasteiger partial charge on any atom is -0.465 e. The number of nitrogens with one attached hydrogen (secondary N) is 1. The van der Waals surface area contributed by atoms with Gasteiger partial charge in [-0.25, -0.2) is 9.78 Å². The highest BCUT2D eigenvalue weighted by Crippen LogP contribution is 2.28. The molecule has 0 radical (unpaired) electrons. The topological polar surface area (TPSA) is 151 Å². The Morgan fingerprint density at radius 3 is 2.58 bits per heavy atom. The van der Waals surface area contributed by atoms with Gasteiger partial charge >= 0.3 is 11.9 Å². The number of carbonyl (C=O) groups excluding carboxylic acids is 3. The second-order valence-electron chi connectivity index (χ2n) is 6.61. The normalized spacial score (nSPS) is 11.9. The molecule has 3 N–H and O–H groups in total. The number of rotatable bonds is 10. The van der Waals surface area contributed by atoms with Crippen LogP contribution in [0.15, 0.2) is 5.16 Å². The SMILES string of the molecule is CCOC(=O)CSc1nnc(N)n1C(CC)C(=O)Nc1nc(C)c(C(=O)OC(C)C)s1. The Bertz CT molecular complexity index is 942. The second kappa shape index (κ2) is 11.1. The van der Waals surface area contributed by atoms with Crippen molar-refractivity contribution >= 4 is 52.0 Å². The highest BCUT2D eigenvalue weighted by molar-refractivity contribution is 7.99. The molecule has 0 fully saturated rings. The third-order valence-electron chi connectivity index (χ3n) is 3.87. The molecule has 1 unspecified atom stereocenters. The van der Waals surface area contributed by atoms with E-state index in [0.717, 1.165) is 23.1 Å². The van der Waals surface area contributed by atoms with Gasteiger partial charge in [0.15, 0.2) is 10.3 Å². The van der Waals surface area contributed by atoms with Gasteiger partial charge in [-0.15, -0.1) is 10.2 Å². The maximum atomic E-state index is 13.0. The minimum absolute atomic E-state index is 0.0109. The van der Waals surface area contributed by atoms with Crippen molar-refractivity contribution in [2.24, 2.45) is 0 Å². The molecule has 0 saturated carbocycles. The van der Waals surface area contributed by atoms with Crippen molar-refractivity contribution < 1.29 is 23.9 Å². The molecule has 2 rings (SSSR count). The number of hydrogen-bond donors (Lipinski definition) is 2. The molecule has 0 aliphatic heterocycles. The second-order valence-corrected chi connectivity index (χ2v) is 8.55. The van der Waals surface area contributed by atoms with E-state index in [1.807, 2.05) is 6.92 Å². The Morgan fingerprint density at radius 2 is 1.97 bits per heavy atom. The molecule has 1 amide bonds. The molecule has 2 aromatic rings. The molecule has 0 aromatic carbocycles. The Labute approximate surface area is 188 Å². The lowest BCUT2D eigenvalue weighted by Crippen LogP contribution is -2.27. The molecule has 2 aromatic heterocycles. The zero-order valence-corrected chi connectivity index (χ0v) is 19.6. The van der Waals surface area contributed by atoms with Gasteiger partial charge in [-0.1, -0.05) is 30.0 Å². The lowest BCUT2D eigenvalue weighted by atomic mass is 10.2. The Morgan fingerprint density at radius 1 is 1.26 bits per heavy atom. The average molecular weight is 471 g/mol. The molecule has 1 atom stereocenters. The Balaban J connectivity index is 2.17. The lowest BCUT2D eigenvalue weighted by molar-refractivity contribution is -0.139. The lowest BCUT2D eigenvalue weighted by Gasteiger charge is -2.18. The smallest absolute Gasteiger partial charge is 0.350 e. The maximum Gasteiger partial charge on any atom is 0.350 e. The van der Waals surface area contributed by atoms with E-state index < -0.39 is 23.9 Å². The summed E-state index contributed by atoms with van der Waals surface area (Å²) in [5.74, 6) is -1.23. The summed E-state index contributed by atoms with van der Waals surface area (Å²) in [4.78, 5) is 41.4. The van der Waals surface area contributed by atoms with Crippen molar-refractivity contribution in [2.45, 2.75) is 58.3 Å². The van der Waals surface area contributed by atoms with Crippen LogP contribution in [0.2, 0.25) is 0 Å². The first-order valence-electron chi connectivity index (χ1n) is 9.65. The Kier molecular flexibility index (Phi) is 8.80. The van der Waals surface area contributed by atoms with Crippen molar-refractivity contribution in [3.05, 3.63) is 10.6 Å². The van der Waals surface area contributed by atoms with Crippen molar-refractivity contribution in [1.82, 2.24) is 19.7 Å². The molecule has 0 bridgehead atoms. The summed E-state index contributed by atoms with van der Waals surface area (Å²) in [7, 11) is 0. The first-order valence-corrected chi connectivity index (χ1v) is 11.5. The Hall–Kier alpha value is -2.67. The number of anilines is 2. The summed E-state index contributed by atoms with van der Waals surface area (Å²) in [6.45, 7) is 8.97. The van der Waals surface area contributed by atoms with Crippen molar-refractivity contribution in [1.29, 1.82) is 0 Å². The highest BCUT2D eigenvalue weighted by Gasteiger charge is 2.27. The number of amides is 1. The van der Waals surface area contributed by atoms with Crippen LogP contribution in [0.1, 0.15) is 55.5 Å². The highest BCUT2D eigenvalue weighted by atomic mass is 32.2. The maximum absolute atomic E-state index is 13.0. The molecule has 31 heavy (non-hydrogen) atoms. The van der Waals surface area contributed by atoms with E-state index >= 15 is 0 Å². The van der Waals surface area contributed by atoms with Gasteiger partial charge in [0.05, 0.1) is 24.2 Å². The minimum atomic E-state index is -0.741. The molecule has 13 heteroatoms. The van der Waals surface area contributed by atoms with E-state index in [1.165, 1.54) is 4.57 Å². The van der Waals surface area contributed by atoms with E-state index in [0.29, 0.717) is 22.1 Å². The fraction of sp³-hybridized carbons (Fsp3) is 0.556. The first-order chi connectivity index (χ1) is 14.7. The number of nitrogen functional groups attached to an aromatic ring is 1. The molecule has 0 aliphatic rings. The largest absolute Gasteiger partial charge is 0.465 e. The van der Waals surface area contributed by atoms with E-state index in [2.05, 4.69) is 20.5 Å². The molecule has 0 spiro atoms. The van der Waals surface area contributed by atoms with Gasteiger partial charge in [-0.3, -0.25) is 14.2 Å². The average Bonchev–Trinajstić information content (AvgIpc) is 3.23. The number of nitrogens with two attached hydrogens (primary N) is 1. The van der Waals surface area contributed by atoms with Crippen molar-refractivity contribution in [2.75, 3.05) is 23.4 Å². The molecule has 170 valence electrons. The molecule has 11 nitrogen and oxygen atoms in total. The number of hydrogen-bond acceptors (Lipinski definition) is 11. The van der Waals surface area contributed by atoms with Gasteiger partial charge in [-0.05, 0) is 34.1 Å². The third-order valence-corrected chi connectivity index (χ3v) is 5.84. The third kappa shape index (κ3) is 6.40. The van der Waals surface area contributed by atoms with Gasteiger partial charge in [-0.2, -0.15) is 0 Å². The van der Waals surface area contributed by atoms with Crippen LogP contribution in [-0.4, -0.2) is 56.1 Å². The number of esters is 2. The number of carbonyl (C=O) groups is 3. The monoisotopic (exact) mass is 470 g/mol. The molecule has 0 aliphatic carbocycles. The summed E-state index contributed by atoms with van der Waals surface area (Å²) >= 11 is 2.12. The van der Waals surface area contributed by atoms with Crippen LogP contribution >= 0.6 is 23.1 Å². The number of thioether (sulfide) groups is 1. The summed E-state index contributed by atoms with van der Waals surface area (Å²) in [6, 6.07) is -0.741. The fourth-order valence-corrected chi connectivity index (χ4v) is 4.23. The van der Waals surface area contributed by atoms with Crippen LogP contribution in [0.4, 0.5) is 11.1 Å². The van der Waals surface area contributed by atoms with Gasteiger partial charge in [0.25, 0.3) is 0 Å². The summed E-state index contributed by atoms with van der Waals surface area (Å²) in [6.07, 6.45) is 0.118. The van der Waals surface area contributed by atoms with Gasteiger partial charge < -0.3 is 20.5 Å². The zero-order chi connectivity index (χ0) is 23.1. The van der Waals surface area contributed by atoms with Crippen LogP contribution < -0.4 is 11.1 Å². The fourth-order valence-electron chi connectivity index (χ4n) is 2.59. The van der Waals surface area contributed by atoms with Crippen LogP contribution in [0.25, 0.3) is 0 Å². The first kappa shape index (κ1) is 24.6. The number of aryl methyl sites for hydroxylation is 1. The quantitative estimate of drug-likeness (QED) is 0.391. The number of thiazole rings is 1. The zero-order valence-electron chi connectivity index (χ0n) is 18.0. The van der Waals surface area contributed by atoms with Gasteiger partial charge in [0.2, 0.25) is 11.9 Å². The molecular formula is C18H26N6O5S2. The van der Waals surface area contributed by atoms with Crippen LogP contribution in [0.3, 0.4) is 0 Å². The number of aromatic nitrogens is 4. The summed E-state index contributed by atoms with van der Waals surface area (Å²) in [5, 5.41) is 11.1. The van der Waals surface area contributed by atoms with E-state index in [1.54, 1.807) is 27.7 Å². The number of ether oxygens (including phenoxy) is 2. The van der Waals surface area contributed by atoms with E-state index in [4.69, 9.17) is 15.2 Å². The van der Waals surface area contributed by atoms with Crippen LogP contribution in [-0.2, 0) is 19.1 Å². The van der Waals surface area contributed by atoms with Gasteiger partial charge in [0.1, 0.15) is 10.9 Å². The van der Waals surface area contributed by atoms with E-state index in [-0.39, 0.29) is 29.5 Å². The summed E-state index contributed by atoms with van der Waals surface area (Å²) in [5.41, 5.74) is 6.40. The van der Waals surface area contributed by atoms with Crippen molar-refractivity contribution in [3.8, 4) is 0 Å². The molecule has 2 heterocycles. The van der Waals surface area contributed by atoms with E-state index in [9.17, 15) is 14.4 Å². The molecule has 0 saturated heterocycles. The van der Waals surface area contributed by atoms with Crippen LogP contribution in [0.5, 0.6) is 0 Å². The standard InChI is InChI=1S/C18H26N6O5S2/c1-6-11(24-16(19)22-23-18(24)30-8-12(25)28-7-2)14(26)21-17-20-10(5)13(31-17)15(27)29-9(3)4/h9,11H,6-8H2,1-5H3,(H2,19,22)(H,20,21,26).